The molecule has 0 spiro atoms. The molecule has 2 rings (SSSR count). The SMILES string of the molecule is CC1(C)CN(C(=O)[C@@H]2CCCNC2)C[C@H]1CO. The maximum absolute atomic E-state index is 12.4. The first-order chi connectivity index (χ1) is 8.04. The first kappa shape index (κ1) is 12.8. The third-order valence-electron chi connectivity index (χ3n) is 4.32. The molecule has 2 aliphatic rings. The summed E-state index contributed by atoms with van der Waals surface area (Å²) in [5, 5.41) is 12.6. The Hall–Kier alpha value is -0.610. The lowest BCUT2D eigenvalue weighted by Crippen LogP contribution is -2.42. The van der Waals surface area contributed by atoms with E-state index in [1.807, 2.05) is 4.90 Å². The number of nitrogens with one attached hydrogen (secondary N) is 1. The van der Waals surface area contributed by atoms with Crippen molar-refractivity contribution in [3.63, 3.8) is 0 Å². The van der Waals surface area contributed by atoms with Crippen LogP contribution in [0.4, 0.5) is 0 Å². The normalized spacial score (nSPS) is 32.8. The van der Waals surface area contributed by atoms with Crippen LogP contribution in [0.2, 0.25) is 0 Å². The molecular weight excluding hydrogens is 216 g/mol. The Morgan fingerprint density at radius 1 is 1.53 bits per heavy atom. The molecule has 4 nitrogen and oxygen atoms in total. The van der Waals surface area contributed by atoms with E-state index in [2.05, 4.69) is 19.2 Å². The van der Waals surface area contributed by atoms with Gasteiger partial charge < -0.3 is 15.3 Å². The maximum Gasteiger partial charge on any atom is 0.226 e. The van der Waals surface area contributed by atoms with Crippen LogP contribution in [0.5, 0.6) is 0 Å². The van der Waals surface area contributed by atoms with Gasteiger partial charge in [0.25, 0.3) is 0 Å². The van der Waals surface area contributed by atoms with Gasteiger partial charge in [-0.25, -0.2) is 0 Å². The van der Waals surface area contributed by atoms with Crippen LogP contribution in [0.25, 0.3) is 0 Å². The molecule has 2 heterocycles. The number of aliphatic hydroxyl groups is 1. The fourth-order valence-electron chi connectivity index (χ4n) is 2.99. The van der Waals surface area contributed by atoms with Gasteiger partial charge in [0.2, 0.25) is 5.91 Å². The summed E-state index contributed by atoms with van der Waals surface area (Å²) in [5.41, 5.74) is 0.0481. The van der Waals surface area contributed by atoms with Crippen molar-refractivity contribution >= 4 is 5.91 Å². The zero-order valence-electron chi connectivity index (χ0n) is 10.9. The Labute approximate surface area is 103 Å². The van der Waals surface area contributed by atoms with Crippen LogP contribution in [-0.2, 0) is 4.79 Å². The lowest BCUT2D eigenvalue weighted by molar-refractivity contribution is -0.135. The third kappa shape index (κ3) is 2.63. The van der Waals surface area contributed by atoms with Gasteiger partial charge in [0.05, 0.1) is 5.92 Å². The summed E-state index contributed by atoms with van der Waals surface area (Å²) in [4.78, 5) is 14.3. The van der Waals surface area contributed by atoms with E-state index in [0.717, 1.165) is 39.0 Å². The summed E-state index contributed by atoms with van der Waals surface area (Å²) in [7, 11) is 0. The highest BCUT2D eigenvalue weighted by Gasteiger charge is 2.42. The van der Waals surface area contributed by atoms with Crippen LogP contribution in [0.3, 0.4) is 0 Å². The number of rotatable bonds is 2. The van der Waals surface area contributed by atoms with E-state index >= 15 is 0 Å². The Balaban J connectivity index is 1.97. The molecule has 2 N–H and O–H groups in total. The predicted octanol–water partition coefficient (Wildman–Crippen LogP) is 0.463. The van der Waals surface area contributed by atoms with Gasteiger partial charge in [-0.15, -0.1) is 0 Å². The Morgan fingerprint density at radius 2 is 2.29 bits per heavy atom. The van der Waals surface area contributed by atoms with Crippen LogP contribution in [0, 0.1) is 17.3 Å². The van der Waals surface area contributed by atoms with Crippen molar-refractivity contribution in [3.05, 3.63) is 0 Å². The van der Waals surface area contributed by atoms with Crippen LogP contribution >= 0.6 is 0 Å². The number of aliphatic hydroxyl groups excluding tert-OH is 1. The van der Waals surface area contributed by atoms with Crippen LogP contribution in [0.1, 0.15) is 26.7 Å². The van der Waals surface area contributed by atoms with Crippen LogP contribution in [0.15, 0.2) is 0 Å². The van der Waals surface area contributed by atoms with Crippen LogP contribution in [-0.4, -0.2) is 48.7 Å². The molecule has 0 aromatic rings. The summed E-state index contributed by atoms with van der Waals surface area (Å²) in [5.74, 6) is 0.654. The van der Waals surface area contributed by atoms with Crippen molar-refractivity contribution in [1.82, 2.24) is 10.2 Å². The average Bonchev–Trinajstić information content (AvgIpc) is 2.64. The minimum atomic E-state index is 0.0481. The zero-order chi connectivity index (χ0) is 12.5. The van der Waals surface area contributed by atoms with Gasteiger partial charge in [0.1, 0.15) is 0 Å². The van der Waals surface area contributed by atoms with E-state index in [1.165, 1.54) is 0 Å². The second-order valence-corrected chi connectivity index (χ2v) is 6.13. The van der Waals surface area contributed by atoms with E-state index in [0.29, 0.717) is 0 Å². The number of hydrogen-bond donors (Lipinski definition) is 2. The molecule has 1 amide bonds. The number of carbonyl (C=O) groups excluding carboxylic acids is 1. The van der Waals surface area contributed by atoms with Gasteiger partial charge >= 0.3 is 0 Å². The molecule has 0 aliphatic carbocycles. The monoisotopic (exact) mass is 240 g/mol. The lowest BCUT2D eigenvalue weighted by atomic mass is 9.83. The quantitative estimate of drug-likeness (QED) is 0.737. The molecule has 2 atom stereocenters. The van der Waals surface area contributed by atoms with Gasteiger partial charge in [0, 0.05) is 32.2 Å². The third-order valence-corrected chi connectivity index (χ3v) is 4.32. The zero-order valence-corrected chi connectivity index (χ0v) is 10.9. The molecule has 4 heteroatoms. The maximum atomic E-state index is 12.4. The van der Waals surface area contributed by atoms with Crippen molar-refractivity contribution in [3.8, 4) is 0 Å². The molecule has 0 aromatic heterocycles. The highest BCUT2D eigenvalue weighted by molar-refractivity contribution is 5.79. The number of carbonyl (C=O) groups is 1. The molecule has 2 fully saturated rings. The molecule has 2 saturated heterocycles. The first-order valence-electron chi connectivity index (χ1n) is 6.65. The summed E-state index contributed by atoms with van der Waals surface area (Å²) in [6.45, 7) is 7.82. The number of likely N-dealkylation sites (tertiary alicyclic amines) is 1. The molecular formula is C13H24N2O2. The molecule has 0 aromatic carbocycles. The fraction of sp³-hybridized carbons (Fsp3) is 0.923. The van der Waals surface area contributed by atoms with Gasteiger partial charge in [-0.2, -0.15) is 0 Å². The molecule has 17 heavy (non-hydrogen) atoms. The van der Waals surface area contributed by atoms with Crippen molar-refractivity contribution < 1.29 is 9.90 Å². The van der Waals surface area contributed by atoms with E-state index in [4.69, 9.17) is 0 Å². The summed E-state index contributed by atoms with van der Waals surface area (Å²) >= 11 is 0. The molecule has 0 bridgehead atoms. The second-order valence-electron chi connectivity index (χ2n) is 6.13. The highest BCUT2D eigenvalue weighted by atomic mass is 16.3. The standard InChI is InChI=1S/C13H24N2O2/c1-13(2)9-15(7-11(13)8-16)12(17)10-4-3-5-14-6-10/h10-11,14,16H,3-9H2,1-2H3/t10-,11+/m1/s1. The molecule has 0 unspecified atom stereocenters. The van der Waals surface area contributed by atoms with E-state index in [-0.39, 0.29) is 29.8 Å². The molecule has 2 aliphatic heterocycles. The van der Waals surface area contributed by atoms with E-state index < -0.39 is 0 Å². The van der Waals surface area contributed by atoms with Gasteiger partial charge in [-0.3, -0.25) is 4.79 Å². The predicted molar refractivity (Wildman–Crippen MR) is 66.5 cm³/mol. The highest BCUT2D eigenvalue weighted by Crippen LogP contribution is 2.35. The fourth-order valence-corrected chi connectivity index (χ4v) is 2.99. The Kier molecular flexibility index (Phi) is 3.73. The smallest absolute Gasteiger partial charge is 0.226 e. The van der Waals surface area contributed by atoms with Crippen molar-refractivity contribution in [1.29, 1.82) is 0 Å². The first-order valence-corrected chi connectivity index (χ1v) is 6.65. The summed E-state index contributed by atoms with van der Waals surface area (Å²) < 4.78 is 0. The minimum absolute atomic E-state index is 0.0481. The van der Waals surface area contributed by atoms with E-state index in [1.54, 1.807) is 0 Å². The topological polar surface area (TPSA) is 52.6 Å². The summed E-state index contributed by atoms with van der Waals surface area (Å²) in [6.07, 6.45) is 2.10. The van der Waals surface area contributed by atoms with Crippen LogP contribution < -0.4 is 5.32 Å². The number of piperidine rings is 1. The second kappa shape index (κ2) is 4.94. The largest absolute Gasteiger partial charge is 0.396 e. The minimum Gasteiger partial charge on any atom is -0.396 e. The van der Waals surface area contributed by atoms with Gasteiger partial charge in [0.15, 0.2) is 0 Å². The number of hydrogen-bond acceptors (Lipinski definition) is 3. The van der Waals surface area contributed by atoms with E-state index in [9.17, 15) is 9.90 Å². The molecule has 0 saturated carbocycles. The number of amides is 1. The Morgan fingerprint density at radius 3 is 2.82 bits per heavy atom. The Bertz CT molecular complexity index is 285. The average molecular weight is 240 g/mol. The van der Waals surface area contributed by atoms with Gasteiger partial charge in [-0.05, 0) is 24.8 Å². The lowest BCUT2D eigenvalue weighted by Gasteiger charge is -2.27. The summed E-state index contributed by atoms with van der Waals surface area (Å²) in [6, 6.07) is 0. The van der Waals surface area contributed by atoms with Crippen molar-refractivity contribution in [2.45, 2.75) is 26.7 Å². The molecule has 98 valence electrons. The molecule has 0 radical (unpaired) electrons. The van der Waals surface area contributed by atoms with Crippen molar-refractivity contribution in [2.75, 3.05) is 32.8 Å². The van der Waals surface area contributed by atoms with Gasteiger partial charge in [-0.1, -0.05) is 13.8 Å². The number of nitrogens with zero attached hydrogens (tertiary/aromatic N) is 1. The van der Waals surface area contributed by atoms with Crippen molar-refractivity contribution in [2.24, 2.45) is 17.3 Å².